The van der Waals surface area contributed by atoms with E-state index in [1.165, 1.54) is 103 Å². The maximum Gasteiger partial charge on any atom is 0.0945 e. The summed E-state index contributed by atoms with van der Waals surface area (Å²) in [6.07, 6.45) is 27.1. The quantitative estimate of drug-likeness (QED) is 0.187. The molecule has 0 radical (unpaired) electrons. The van der Waals surface area contributed by atoms with Crippen LogP contribution in [0.4, 0.5) is 4.39 Å². The van der Waals surface area contributed by atoms with Gasteiger partial charge >= 0.3 is 0 Å². The lowest BCUT2D eigenvalue weighted by Crippen LogP contribution is -2.51. The Morgan fingerprint density at radius 1 is 0.459 bits per heavy atom. The highest BCUT2D eigenvalue weighted by Gasteiger charge is 2.55. The lowest BCUT2D eigenvalue weighted by molar-refractivity contribution is -0.113. The molecule has 480 valence electrons. The predicted molar refractivity (Wildman–Crippen MR) is 377 cm³/mol. The van der Waals surface area contributed by atoms with E-state index in [9.17, 15) is 4.39 Å². The molecular weight excluding hydrogens is 1030 g/mol. The number of halogens is 1. The van der Waals surface area contributed by atoms with Gasteiger partial charge in [-0.2, -0.15) is 0 Å². The SMILES string of the molecule is CC(C)(C)C12CC3CC(CC(C3)C1)C2.CC(C)(C)C1C2CC3CC(C2)CC1C3.CC(C)C1CCCCCCC1.CC(C)F.CC(C)c1ccccc1.Cc1cc(C)c(C(C)C)c(C)c1.Cc1cccc(C)c1C(C)C.[2H]c1c([2H])c(C)c([2H])c(C(C)C)c1[2H]. The number of benzene rings is 4. The van der Waals surface area contributed by atoms with Gasteiger partial charge in [0.1, 0.15) is 0 Å². The lowest BCUT2D eigenvalue weighted by atomic mass is 9.43. The van der Waals surface area contributed by atoms with Gasteiger partial charge < -0.3 is 0 Å². The molecule has 4 aromatic rings. The molecule has 9 fully saturated rings. The predicted octanol–water partition coefficient (Wildman–Crippen LogP) is 26.8. The molecule has 13 rings (SSSR count). The van der Waals surface area contributed by atoms with Gasteiger partial charge in [-0.1, -0.05) is 252 Å². The fraction of sp³-hybridized carbons (Fsp3) is 0.714. The van der Waals surface area contributed by atoms with Gasteiger partial charge in [-0.15, -0.1) is 0 Å². The van der Waals surface area contributed by atoms with Crippen LogP contribution in [0.1, 0.15) is 325 Å². The second-order valence-electron chi connectivity index (χ2n) is 32.8. The number of aryl methyl sites for hydroxylation is 5. The van der Waals surface area contributed by atoms with E-state index >= 15 is 0 Å². The summed E-state index contributed by atoms with van der Waals surface area (Å²) in [6, 6.07) is 21.7. The molecule has 9 aliphatic carbocycles. The molecule has 0 aromatic heterocycles. The van der Waals surface area contributed by atoms with Gasteiger partial charge in [-0.25, -0.2) is 4.39 Å². The second-order valence-corrected chi connectivity index (χ2v) is 32.8. The van der Waals surface area contributed by atoms with E-state index in [1.54, 1.807) is 77.6 Å². The molecule has 0 aliphatic heterocycles. The highest BCUT2D eigenvalue weighted by molar-refractivity contribution is 5.39. The van der Waals surface area contributed by atoms with Crippen molar-refractivity contribution in [2.45, 2.75) is 312 Å². The average molecular weight is 1170 g/mol. The Morgan fingerprint density at radius 3 is 1.21 bits per heavy atom. The Hall–Kier alpha value is -3.19. The molecule has 1 heteroatoms. The largest absolute Gasteiger partial charge is 0.248 e. The van der Waals surface area contributed by atoms with Gasteiger partial charge in [0.2, 0.25) is 0 Å². The van der Waals surface area contributed by atoms with Crippen LogP contribution in [-0.2, 0) is 0 Å². The Balaban J connectivity index is 0.000000221. The average Bonchev–Trinajstić information content (AvgIpc) is 0.758. The van der Waals surface area contributed by atoms with Gasteiger partial charge in [0.25, 0.3) is 0 Å². The zero-order valence-corrected chi connectivity index (χ0v) is 60.0. The summed E-state index contributed by atoms with van der Waals surface area (Å²) in [6.45, 7) is 52.4. The van der Waals surface area contributed by atoms with E-state index in [0.717, 1.165) is 64.6 Å². The first-order valence-corrected chi connectivity index (χ1v) is 35.3. The van der Waals surface area contributed by atoms with Crippen molar-refractivity contribution in [2.24, 2.45) is 75.4 Å². The van der Waals surface area contributed by atoms with Crippen molar-refractivity contribution in [1.29, 1.82) is 0 Å². The third kappa shape index (κ3) is 23.9. The second kappa shape index (κ2) is 34.7. The van der Waals surface area contributed by atoms with Crippen molar-refractivity contribution < 1.29 is 9.87 Å². The van der Waals surface area contributed by atoms with Crippen LogP contribution in [0.25, 0.3) is 0 Å². The third-order valence-electron chi connectivity index (χ3n) is 21.2. The standard InChI is InChI=1S/2C14H24.C12H18.C11H16.C11H22.C10H14.C9H12.C3H7F/c1-13(2,3)14-7-10-4-11(8-14)6-12(5-10)9-14;1-14(2,3)13-11-5-9-4-10(7-11)8-12(13)6-9;1-8(2)12-10(4)6-9(3)7-11(12)5;1-8(2)11-9(3)6-5-7-10(11)4;1-10(2)11-8-6-4-3-5-7-9-11;1-8(2)10-6-4-5-9(3)7-10;1-8(2)9-6-4-3-5-7-9;1-3(2)4/h10-12H,4-9H2,1-3H3;9-13H,4-8H2,1-3H3;6-8H,1-5H3;5-8H,1-4H3;10-11H,3-9H2,1-2H3;4-8H,1-3H3;3-8H,1-2H3;3H,1-2H3/i;;;;;4D,5D,6D,7D;;. The molecule has 8 bridgehead atoms. The molecular formula is C84H137F. The Morgan fingerprint density at radius 2 is 0.859 bits per heavy atom. The Labute approximate surface area is 534 Å². The molecule has 4 aromatic carbocycles. The minimum Gasteiger partial charge on any atom is -0.248 e. The zero-order valence-electron chi connectivity index (χ0n) is 64.0. The molecule has 0 saturated heterocycles. The van der Waals surface area contributed by atoms with E-state index in [0.29, 0.717) is 39.7 Å². The summed E-state index contributed by atoms with van der Waals surface area (Å²) in [4.78, 5) is 0. The summed E-state index contributed by atoms with van der Waals surface area (Å²) in [5.74, 6) is 12.8. The minimum atomic E-state index is -0.667. The first-order chi connectivity index (χ1) is 41.4. The maximum atomic E-state index is 11.0. The fourth-order valence-electron chi connectivity index (χ4n) is 17.9. The third-order valence-corrected chi connectivity index (χ3v) is 21.2. The van der Waals surface area contributed by atoms with E-state index in [4.69, 9.17) is 5.48 Å². The normalized spacial score (nSPS) is 26.2. The maximum absolute atomic E-state index is 11.0. The smallest absolute Gasteiger partial charge is 0.0945 e. The van der Waals surface area contributed by atoms with Crippen LogP contribution >= 0.6 is 0 Å². The fourth-order valence-corrected chi connectivity index (χ4v) is 17.9. The summed E-state index contributed by atoms with van der Waals surface area (Å²) in [7, 11) is 0. The van der Waals surface area contributed by atoms with Gasteiger partial charge in [-0.3, -0.25) is 0 Å². The van der Waals surface area contributed by atoms with Crippen molar-refractivity contribution in [3.05, 3.63) is 140 Å². The Bertz CT molecular complexity index is 2560. The van der Waals surface area contributed by atoms with Crippen LogP contribution in [0.2, 0.25) is 0 Å². The van der Waals surface area contributed by atoms with Crippen molar-refractivity contribution in [1.82, 2.24) is 0 Å². The monoisotopic (exact) mass is 1170 g/mol. The zero-order chi connectivity index (χ0) is 67.0. The molecule has 0 spiro atoms. The topological polar surface area (TPSA) is 0 Å². The van der Waals surface area contributed by atoms with Crippen molar-refractivity contribution >= 4 is 0 Å². The van der Waals surface area contributed by atoms with Crippen LogP contribution in [0.5, 0.6) is 0 Å². The molecule has 0 atom stereocenters. The minimum absolute atomic E-state index is 0.00407. The molecule has 85 heavy (non-hydrogen) atoms. The van der Waals surface area contributed by atoms with Gasteiger partial charge in [0.15, 0.2) is 0 Å². The van der Waals surface area contributed by atoms with Crippen LogP contribution in [0, 0.1) is 117 Å². The summed E-state index contributed by atoms with van der Waals surface area (Å²) >= 11 is 0. The molecule has 9 saturated carbocycles. The Kier molecular flexibility index (Phi) is 27.6. The van der Waals surface area contributed by atoms with Crippen LogP contribution < -0.4 is 0 Å². The van der Waals surface area contributed by atoms with Gasteiger partial charge in [0.05, 0.1) is 11.7 Å². The number of hydrogen-bond acceptors (Lipinski definition) is 0. The van der Waals surface area contributed by atoms with Crippen molar-refractivity contribution in [3.8, 4) is 0 Å². The summed E-state index contributed by atoms with van der Waals surface area (Å²) in [5.41, 5.74) is 14.4. The van der Waals surface area contributed by atoms with Crippen molar-refractivity contribution in [2.75, 3.05) is 0 Å². The first-order valence-electron chi connectivity index (χ1n) is 37.3. The molecule has 0 nitrogen and oxygen atoms in total. The highest BCUT2D eigenvalue weighted by atomic mass is 19.1. The van der Waals surface area contributed by atoms with Crippen LogP contribution in [0.3, 0.4) is 0 Å². The van der Waals surface area contributed by atoms with E-state index < -0.39 is 6.17 Å². The molecule has 0 amide bonds. The molecule has 0 unspecified atom stereocenters. The number of hydrogen-bond donors (Lipinski definition) is 0. The van der Waals surface area contributed by atoms with E-state index in [-0.39, 0.29) is 30.1 Å². The molecule has 9 aliphatic rings. The lowest BCUT2D eigenvalue weighted by Gasteiger charge is -2.62. The molecule has 0 heterocycles. The highest BCUT2D eigenvalue weighted by Crippen LogP contribution is 2.66. The first kappa shape index (κ1) is 67.7. The van der Waals surface area contributed by atoms with Gasteiger partial charge in [0, 0.05) is 0 Å². The van der Waals surface area contributed by atoms with Crippen molar-refractivity contribution in [3.63, 3.8) is 0 Å². The van der Waals surface area contributed by atoms with E-state index in [2.05, 4.69) is 186 Å². The van der Waals surface area contributed by atoms with Crippen LogP contribution in [0.15, 0.2) is 84.8 Å². The summed E-state index contributed by atoms with van der Waals surface area (Å²) in [5, 5.41) is 0. The number of rotatable bonds is 5. The van der Waals surface area contributed by atoms with Crippen LogP contribution in [-0.4, -0.2) is 6.17 Å². The number of alkyl halides is 1. The molecule has 0 N–H and O–H groups in total. The summed E-state index contributed by atoms with van der Waals surface area (Å²) < 4.78 is 41.6. The van der Waals surface area contributed by atoms with Gasteiger partial charge in [-0.05, 0) is 270 Å². The van der Waals surface area contributed by atoms with E-state index in [1.807, 2.05) is 19.9 Å².